The molecule has 2 heterocycles. The normalized spacial score (nSPS) is 12.1. The van der Waals surface area contributed by atoms with Gasteiger partial charge in [-0.25, -0.2) is 4.79 Å². The number of aromatic nitrogens is 6. The summed E-state index contributed by atoms with van der Waals surface area (Å²) in [6, 6.07) is 12.5. The van der Waals surface area contributed by atoms with Crippen molar-refractivity contribution in [1.29, 1.82) is 0 Å². The van der Waals surface area contributed by atoms with Gasteiger partial charge in [0.2, 0.25) is 11.1 Å². The van der Waals surface area contributed by atoms with Gasteiger partial charge in [0.1, 0.15) is 11.4 Å². The van der Waals surface area contributed by atoms with Crippen molar-refractivity contribution >= 4 is 34.4 Å². The van der Waals surface area contributed by atoms with Crippen LogP contribution >= 0.6 is 11.8 Å². The van der Waals surface area contributed by atoms with Crippen LogP contribution in [-0.4, -0.2) is 48.4 Å². The molecule has 4 aromatic rings. The summed E-state index contributed by atoms with van der Waals surface area (Å²) in [7, 11) is 1.57. The molecule has 0 saturated heterocycles. The first-order chi connectivity index (χ1) is 14.0. The number of nitrogens with one attached hydrogen (secondary N) is 3. The van der Waals surface area contributed by atoms with Crippen LogP contribution < -0.4 is 15.7 Å². The molecule has 0 aliphatic heterocycles. The van der Waals surface area contributed by atoms with Gasteiger partial charge in [0.25, 0.3) is 0 Å². The van der Waals surface area contributed by atoms with Gasteiger partial charge in [-0.2, -0.15) is 4.68 Å². The molecule has 0 unspecified atom stereocenters. The van der Waals surface area contributed by atoms with Crippen molar-refractivity contribution in [2.75, 3.05) is 12.4 Å². The Labute approximate surface area is 168 Å². The lowest BCUT2D eigenvalue weighted by molar-refractivity contribution is -0.115. The average molecular weight is 411 g/mol. The average Bonchev–Trinajstić information content (AvgIpc) is 3.32. The van der Waals surface area contributed by atoms with E-state index in [2.05, 4.69) is 30.8 Å². The molecule has 0 bridgehead atoms. The standard InChI is InChI=1S/C18H17N7O3S/c1-10(16(26)19-11-7-8-12-13(9-11)21-17(27)20-12)29-18-22-23-24-25(18)14-5-3-4-6-15(14)28-2/h3-10H,1-2H3,(H,19,26)(H2,20,21,27)/t10-/m1/s1. The molecule has 0 aliphatic carbocycles. The van der Waals surface area contributed by atoms with Crippen LogP contribution in [-0.2, 0) is 4.79 Å². The Morgan fingerprint density at radius 3 is 2.83 bits per heavy atom. The SMILES string of the molecule is COc1ccccc1-n1nnnc1S[C@H](C)C(=O)Nc1ccc2[nH]c(=O)[nH]c2c1. The summed E-state index contributed by atoms with van der Waals surface area (Å²) in [5.41, 5.74) is 2.25. The summed E-state index contributed by atoms with van der Waals surface area (Å²) in [4.78, 5) is 29.3. The molecule has 0 fully saturated rings. The van der Waals surface area contributed by atoms with Gasteiger partial charge in [-0.15, -0.1) is 5.10 Å². The minimum Gasteiger partial charge on any atom is -0.494 e. The predicted octanol–water partition coefficient (Wildman–Crippen LogP) is 1.96. The van der Waals surface area contributed by atoms with Crippen LogP contribution in [0.2, 0.25) is 0 Å². The molecule has 1 atom stereocenters. The molecular formula is C18H17N7O3S. The third kappa shape index (κ3) is 3.85. The van der Waals surface area contributed by atoms with E-state index in [-0.39, 0.29) is 11.6 Å². The molecule has 3 N–H and O–H groups in total. The second-order valence-corrected chi connectivity index (χ2v) is 7.44. The third-order valence-corrected chi connectivity index (χ3v) is 5.22. The van der Waals surface area contributed by atoms with E-state index < -0.39 is 5.25 Å². The number of tetrazole rings is 1. The first kappa shape index (κ1) is 18.7. The van der Waals surface area contributed by atoms with Crippen molar-refractivity contribution in [3.05, 3.63) is 52.9 Å². The zero-order valence-corrected chi connectivity index (χ0v) is 16.4. The van der Waals surface area contributed by atoms with E-state index in [0.29, 0.717) is 33.3 Å². The van der Waals surface area contributed by atoms with Crippen LogP contribution in [0.15, 0.2) is 52.4 Å². The molecule has 10 nitrogen and oxygen atoms in total. The molecule has 0 aliphatic rings. The number of hydrogen-bond acceptors (Lipinski definition) is 7. The topological polar surface area (TPSA) is 131 Å². The number of benzene rings is 2. The Balaban J connectivity index is 1.50. The van der Waals surface area contributed by atoms with Gasteiger partial charge in [-0.3, -0.25) is 4.79 Å². The Kier molecular flexibility index (Phi) is 5.04. The van der Waals surface area contributed by atoms with Crippen LogP contribution in [0, 0.1) is 0 Å². The number of para-hydroxylation sites is 2. The van der Waals surface area contributed by atoms with Gasteiger partial charge in [0, 0.05) is 5.69 Å². The van der Waals surface area contributed by atoms with Crippen molar-refractivity contribution in [1.82, 2.24) is 30.2 Å². The maximum atomic E-state index is 12.6. The molecule has 11 heteroatoms. The zero-order chi connectivity index (χ0) is 20.4. The fraction of sp³-hybridized carbons (Fsp3) is 0.167. The van der Waals surface area contributed by atoms with Crippen molar-refractivity contribution in [3.8, 4) is 11.4 Å². The summed E-state index contributed by atoms with van der Waals surface area (Å²) < 4.78 is 6.89. The van der Waals surface area contributed by atoms with Crippen LogP contribution in [0.3, 0.4) is 0 Å². The Hall–Kier alpha value is -3.60. The minimum absolute atomic E-state index is 0.221. The first-order valence-electron chi connectivity index (χ1n) is 8.66. The number of thioether (sulfide) groups is 1. The Morgan fingerprint density at radius 2 is 2.00 bits per heavy atom. The number of aromatic amines is 2. The zero-order valence-electron chi connectivity index (χ0n) is 15.5. The van der Waals surface area contributed by atoms with E-state index in [1.54, 1.807) is 32.2 Å². The molecule has 29 heavy (non-hydrogen) atoms. The number of imidazole rings is 1. The number of methoxy groups -OCH3 is 1. The molecule has 2 aromatic carbocycles. The molecule has 0 spiro atoms. The lowest BCUT2D eigenvalue weighted by atomic mass is 10.2. The van der Waals surface area contributed by atoms with Gasteiger partial charge < -0.3 is 20.0 Å². The van der Waals surface area contributed by atoms with Crippen LogP contribution in [0.5, 0.6) is 5.75 Å². The van der Waals surface area contributed by atoms with E-state index >= 15 is 0 Å². The smallest absolute Gasteiger partial charge is 0.323 e. The van der Waals surface area contributed by atoms with Gasteiger partial charge in [0.15, 0.2) is 0 Å². The first-order valence-corrected chi connectivity index (χ1v) is 9.54. The van der Waals surface area contributed by atoms with Gasteiger partial charge in [0.05, 0.1) is 23.4 Å². The maximum Gasteiger partial charge on any atom is 0.323 e. The molecule has 1 amide bonds. The number of rotatable bonds is 6. The molecule has 148 valence electrons. The number of fused-ring (bicyclic) bond motifs is 1. The van der Waals surface area contributed by atoms with Crippen molar-refractivity contribution in [2.45, 2.75) is 17.3 Å². The highest BCUT2D eigenvalue weighted by atomic mass is 32.2. The van der Waals surface area contributed by atoms with Crippen LogP contribution in [0.25, 0.3) is 16.7 Å². The number of carbonyl (C=O) groups excluding carboxylic acids is 1. The van der Waals surface area contributed by atoms with Crippen LogP contribution in [0.1, 0.15) is 6.92 Å². The summed E-state index contributed by atoms with van der Waals surface area (Å²) >= 11 is 1.22. The number of anilines is 1. The molecule has 0 saturated carbocycles. The lowest BCUT2D eigenvalue weighted by Crippen LogP contribution is -2.23. The fourth-order valence-corrected chi connectivity index (χ4v) is 3.57. The predicted molar refractivity (Wildman–Crippen MR) is 109 cm³/mol. The Morgan fingerprint density at radius 1 is 1.21 bits per heavy atom. The van der Waals surface area contributed by atoms with Gasteiger partial charge in [-0.05, 0) is 47.7 Å². The van der Waals surface area contributed by atoms with Crippen LogP contribution in [0.4, 0.5) is 5.69 Å². The minimum atomic E-state index is -0.476. The van der Waals surface area contributed by atoms with Gasteiger partial charge in [-0.1, -0.05) is 23.9 Å². The van der Waals surface area contributed by atoms with E-state index in [0.717, 1.165) is 0 Å². The lowest BCUT2D eigenvalue weighted by Gasteiger charge is -2.13. The molecule has 2 aromatic heterocycles. The highest BCUT2D eigenvalue weighted by molar-refractivity contribution is 8.00. The monoisotopic (exact) mass is 411 g/mol. The van der Waals surface area contributed by atoms with Gasteiger partial charge >= 0.3 is 5.69 Å². The summed E-state index contributed by atoms with van der Waals surface area (Å²) in [6.07, 6.45) is 0. The Bertz CT molecular complexity index is 1230. The molecule has 4 rings (SSSR count). The number of hydrogen-bond donors (Lipinski definition) is 3. The summed E-state index contributed by atoms with van der Waals surface area (Å²) in [6.45, 7) is 1.76. The van der Waals surface area contributed by atoms with E-state index in [1.165, 1.54) is 16.4 Å². The molecular weight excluding hydrogens is 394 g/mol. The number of nitrogens with zero attached hydrogens (tertiary/aromatic N) is 4. The second-order valence-electron chi connectivity index (χ2n) is 6.13. The van der Waals surface area contributed by atoms with E-state index in [1.807, 2.05) is 24.3 Å². The third-order valence-electron chi connectivity index (χ3n) is 4.19. The molecule has 0 radical (unpaired) electrons. The maximum absolute atomic E-state index is 12.6. The highest BCUT2D eigenvalue weighted by Gasteiger charge is 2.20. The quantitative estimate of drug-likeness (QED) is 0.413. The largest absolute Gasteiger partial charge is 0.494 e. The fourth-order valence-electron chi connectivity index (χ4n) is 2.77. The van der Waals surface area contributed by atoms with Crippen molar-refractivity contribution < 1.29 is 9.53 Å². The second kappa shape index (κ2) is 7.80. The number of amides is 1. The number of ether oxygens (including phenoxy) is 1. The number of carbonyl (C=O) groups is 1. The van der Waals surface area contributed by atoms with Crippen molar-refractivity contribution in [3.63, 3.8) is 0 Å². The summed E-state index contributed by atoms with van der Waals surface area (Å²) in [5.74, 6) is 0.398. The van der Waals surface area contributed by atoms with E-state index in [9.17, 15) is 9.59 Å². The van der Waals surface area contributed by atoms with E-state index in [4.69, 9.17) is 4.74 Å². The number of H-pyrrole nitrogens is 2. The summed E-state index contributed by atoms with van der Waals surface area (Å²) in [5, 5.41) is 14.6. The van der Waals surface area contributed by atoms with Crippen molar-refractivity contribution in [2.24, 2.45) is 0 Å². The highest BCUT2D eigenvalue weighted by Crippen LogP contribution is 2.28.